The highest BCUT2D eigenvalue weighted by Crippen LogP contribution is 2.20. The Hall–Kier alpha value is -1.98. The first kappa shape index (κ1) is 16.4. The second-order valence-corrected chi connectivity index (χ2v) is 5.25. The highest BCUT2D eigenvalue weighted by molar-refractivity contribution is 5.87. The molecule has 0 radical (unpaired) electrons. The molecule has 1 aromatic rings. The molecule has 1 heterocycles. The van der Waals surface area contributed by atoms with Crippen molar-refractivity contribution >= 4 is 11.8 Å². The molecule has 0 amide bonds. The first-order chi connectivity index (χ1) is 10.6. The summed E-state index contributed by atoms with van der Waals surface area (Å²) in [6.45, 7) is 1.74. The zero-order chi connectivity index (χ0) is 15.8. The smallest absolute Gasteiger partial charge is 0.308 e. The molecule has 22 heavy (non-hydrogen) atoms. The maximum Gasteiger partial charge on any atom is 0.308 e. The lowest BCUT2D eigenvalue weighted by atomic mass is 10.1. The maximum atomic E-state index is 11.8. The largest absolute Gasteiger partial charge is 0.461 e. The van der Waals surface area contributed by atoms with Crippen LogP contribution in [0, 0.1) is 0 Å². The van der Waals surface area contributed by atoms with Crippen LogP contribution in [-0.2, 0) is 30.7 Å². The first-order valence-electron chi connectivity index (χ1n) is 7.34. The Morgan fingerprint density at radius 2 is 2.00 bits per heavy atom. The van der Waals surface area contributed by atoms with E-state index in [2.05, 4.69) is 0 Å². The van der Waals surface area contributed by atoms with Crippen LogP contribution in [0.3, 0.4) is 0 Å². The Labute approximate surface area is 129 Å². The van der Waals surface area contributed by atoms with Gasteiger partial charge in [-0.15, -0.1) is 0 Å². The monoisotopic (exact) mass is 304 g/mol. The van der Waals surface area contributed by atoms with E-state index in [4.69, 9.17) is 14.5 Å². The van der Waals surface area contributed by atoms with Gasteiger partial charge >= 0.3 is 5.97 Å². The molecule has 5 nitrogen and oxygen atoms in total. The number of ether oxygens (including phenoxy) is 1. The maximum absolute atomic E-state index is 11.8. The molecule has 0 aromatic heterocycles. The van der Waals surface area contributed by atoms with Gasteiger partial charge in [-0.05, 0) is 37.5 Å². The second kappa shape index (κ2) is 8.46. The van der Waals surface area contributed by atoms with Crippen LogP contribution in [0.5, 0.6) is 0 Å². The topological polar surface area (TPSA) is 61.8 Å². The Bertz CT molecular complexity index is 515. The van der Waals surface area contributed by atoms with E-state index in [1.165, 1.54) is 13.0 Å². The molecule has 1 aliphatic rings. The zero-order valence-corrected chi connectivity index (χ0v) is 12.6. The second-order valence-electron chi connectivity index (χ2n) is 5.25. The molecule has 1 saturated heterocycles. The van der Waals surface area contributed by atoms with Crippen molar-refractivity contribution in [2.24, 2.45) is 0 Å². The van der Waals surface area contributed by atoms with Crippen LogP contribution < -0.4 is 0 Å². The van der Waals surface area contributed by atoms with E-state index < -0.39 is 0 Å². The average molecular weight is 304 g/mol. The van der Waals surface area contributed by atoms with Crippen molar-refractivity contribution in [3.8, 4) is 0 Å². The number of carbonyl (C=O) groups excluding carboxylic acids is 2. The molecule has 0 unspecified atom stereocenters. The number of rotatable bonds is 6. The van der Waals surface area contributed by atoms with Crippen molar-refractivity contribution in [1.82, 2.24) is 0 Å². The number of benzene rings is 1. The van der Waals surface area contributed by atoms with Gasteiger partial charge in [-0.1, -0.05) is 30.3 Å². The molecule has 2 atom stereocenters. The van der Waals surface area contributed by atoms with E-state index in [1.54, 1.807) is 6.08 Å². The van der Waals surface area contributed by atoms with Crippen LogP contribution in [0.4, 0.5) is 0 Å². The van der Waals surface area contributed by atoms with Gasteiger partial charge in [0.2, 0.25) is 0 Å². The molecule has 1 aliphatic heterocycles. The van der Waals surface area contributed by atoms with Gasteiger partial charge in [0.1, 0.15) is 18.8 Å². The lowest BCUT2D eigenvalue weighted by molar-refractivity contribution is -0.363. The Morgan fingerprint density at radius 1 is 1.23 bits per heavy atom. The Morgan fingerprint density at radius 3 is 2.64 bits per heavy atom. The number of hydrogen-bond acceptors (Lipinski definition) is 5. The van der Waals surface area contributed by atoms with Crippen LogP contribution >= 0.6 is 0 Å². The summed E-state index contributed by atoms with van der Waals surface area (Å²) in [5, 5.41) is 0. The van der Waals surface area contributed by atoms with Gasteiger partial charge in [0.05, 0.1) is 6.42 Å². The van der Waals surface area contributed by atoms with Crippen LogP contribution in [0.25, 0.3) is 0 Å². The predicted octanol–water partition coefficient (Wildman–Crippen LogP) is 2.74. The van der Waals surface area contributed by atoms with Gasteiger partial charge in [-0.3, -0.25) is 9.59 Å². The minimum atomic E-state index is -0.310. The third-order valence-electron chi connectivity index (χ3n) is 3.27. The number of hydrogen-bond donors (Lipinski definition) is 0. The van der Waals surface area contributed by atoms with E-state index in [0.717, 1.165) is 5.56 Å². The molecular formula is C17H20O5. The summed E-state index contributed by atoms with van der Waals surface area (Å²) < 4.78 is 5.20. The van der Waals surface area contributed by atoms with Gasteiger partial charge in [-0.25, -0.2) is 9.78 Å². The van der Waals surface area contributed by atoms with Gasteiger partial charge in [0.25, 0.3) is 0 Å². The Kier molecular flexibility index (Phi) is 6.30. The summed E-state index contributed by atoms with van der Waals surface area (Å²) in [5.74, 6) is -0.342. The molecular weight excluding hydrogens is 284 g/mol. The fraction of sp³-hybridized carbons (Fsp3) is 0.412. The number of ketones is 1. The minimum absolute atomic E-state index is 0.0322. The fourth-order valence-electron chi connectivity index (χ4n) is 2.09. The number of carbonyl (C=O) groups is 2. The average Bonchev–Trinajstić information content (AvgIpc) is 2.53. The molecule has 0 aliphatic carbocycles. The highest BCUT2D eigenvalue weighted by atomic mass is 17.2. The standard InChI is InChI=1S/C17H20O5/c1-13(18)7-8-15-9-10-16(22-21-15)11-17(19)20-12-14-5-3-2-4-6-14/h2-8,15-16H,9-12H2,1H3/b8-7+/t15-,16+/m1/s1. The predicted molar refractivity (Wildman–Crippen MR) is 79.7 cm³/mol. The van der Waals surface area contributed by atoms with Gasteiger partial charge < -0.3 is 4.74 Å². The quantitative estimate of drug-likeness (QED) is 0.459. The summed E-state index contributed by atoms with van der Waals surface area (Å²) in [6, 6.07) is 9.51. The summed E-state index contributed by atoms with van der Waals surface area (Å²) in [4.78, 5) is 32.9. The van der Waals surface area contributed by atoms with Crippen molar-refractivity contribution in [3.05, 3.63) is 48.0 Å². The molecule has 0 N–H and O–H groups in total. The van der Waals surface area contributed by atoms with E-state index in [-0.39, 0.29) is 37.0 Å². The van der Waals surface area contributed by atoms with Crippen molar-refractivity contribution in [3.63, 3.8) is 0 Å². The van der Waals surface area contributed by atoms with Crippen molar-refractivity contribution < 1.29 is 24.1 Å². The minimum Gasteiger partial charge on any atom is -0.461 e. The van der Waals surface area contributed by atoms with Crippen molar-refractivity contribution in [2.75, 3.05) is 0 Å². The van der Waals surface area contributed by atoms with Gasteiger partial charge in [-0.2, -0.15) is 0 Å². The van der Waals surface area contributed by atoms with Gasteiger partial charge in [0.15, 0.2) is 5.78 Å². The third kappa shape index (κ3) is 5.79. The zero-order valence-electron chi connectivity index (χ0n) is 12.6. The van der Waals surface area contributed by atoms with E-state index >= 15 is 0 Å². The molecule has 1 aromatic carbocycles. The highest BCUT2D eigenvalue weighted by Gasteiger charge is 2.24. The lowest BCUT2D eigenvalue weighted by Gasteiger charge is -2.25. The Balaban J connectivity index is 1.67. The molecule has 2 rings (SSSR count). The van der Waals surface area contributed by atoms with Crippen LogP contribution in [0.15, 0.2) is 42.5 Å². The molecule has 5 heteroatoms. The molecule has 0 saturated carbocycles. The normalized spacial score (nSPS) is 21.7. The molecule has 1 fully saturated rings. The van der Waals surface area contributed by atoms with E-state index in [0.29, 0.717) is 12.8 Å². The third-order valence-corrected chi connectivity index (χ3v) is 3.27. The number of allylic oxidation sites excluding steroid dienone is 1. The molecule has 118 valence electrons. The van der Waals surface area contributed by atoms with Crippen LogP contribution in [0.1, 0.15) is 31.7 Å². The summed E-state index contributed by atoms with van der Waals surface area (Å²) in [5.41, 5.74) is 0.950. The summed E-state index contributed by atoms with van der Waals surface area (Å²) >= 11 is 0. The fourth-order valence-corrected chi connectivity index (χ4v) is 2.09. The van der Waals surface area contributed by atoms with Crippen molar-refractivity contribution in [1.29, 1.82) is 0 Å². The summed E-state index contributed by atoms with van der Waals surface area (Å²) in [6.07, 6.45) is 4.16. The van der Waals surface area contributed by atoms with Crippen LogP contribution in [-0.4, -0.2) is 24.0 Å². The SMILES string of the molecule is CC(=O)/C=C/[C@@H]1CC[C@@H](CC(=O)OCc2ccccc2)OO1. The van der Waals surface area contributed by atoms with Crippen LogP contribution in [0.2, 0.25) is 0 Å². The molecule has 0 bridgehead atoms. The lowest BCUT2D eigenvalue weighted by Crippen LogP contribution is -2.28. The van der Waals surface area contributed by atoms with E-state index in [1.807, 2.05) is 30.3 Å². The summed E-state index contributed by atoms with van der Waals surface area (Å²) in [7, 11) is 0. The number of esters is 1. The first-order valence-corrected chi connectivity index (χ1v) is 7.34. The molecule has 0 spiro atoms. The van der Waals surface area contributed by atoms with E-state index in [9.17, 15) is 9.59 Å². The van der Waals surface area contributed by atoms with Crippen molar-refractivity contribution in [2.45, 2.75) is 45.0 Å². The van der Waals surface area contributed by atoms with Gasteiger partial charge in [0, 0.05) is 0 Å².